The van der Waals surface area contributed by atoms with E-state index in [9.17, 15) is 14.4 Å². The van der Waals surface area contributed by atoms with Gasteiger partial charge in [-0.2, -0.15) is 0 Å². The van der Waals surface area contributed by atoms with Gasteiger partial charge in [0.2, 0.25) is 0 Å². The van der Waals surface area contributed by atoms with Gasteiger partial charge in [0.25, 0.3) is 0 Å². The molecular weight excluding hydrogens is 236 g/mol. The Hall–Kier alpha value is -2.17. The van der Waals surface area contributed by atoms with Gasteiger partial charge in [-0.25, -0.2) is 9.59 Å². The number of ether oxygens (including phenoxy) is 1. The Bertz CT molecular complexity index is 490. The van der Waals surface area contributed by atoms with E-state index in [4.69, 9.17) is 9.84 Å². The molecule has 1 aromatic carbocycles. The molecule has 1 aromatic rings. The van der Waals surface area contributed by atoms with Crippen LogP contribution in [0.5, 0.6) is 0 Å². The molecule has 96 valence electrons. The molecule has 0 bridgehead atoms. The van der Waals surface area contributed by atoms with E-state index >= 15 is 0 Å². The van der Waals surface area contributed by atoms with Gasteiger partial charge in [-0.3, -0.25) is 4.79 Å². The molecule has 0 atom stereocenters. The molecular formula is C13H14O5. The van der Waals surface area contributed by atoms with Gasteiger partial charge in [0.1, 0.15) is 5.78 Å². The first-order valence-corrected chi connectivity index (χ1v) is 5.49. The zero-order valence-corrected chi connectivity index (χ0v) is 10.2. The molecule has 0 fully saturated rings. The number of hydrogen-bond acceptors (Lipinski definition) is 4. The van der Waals surface area contributed by atoms with Crippen molar-refractivity contribution in [3.05, 3.63) is 34.9 Å². The molecule has 0 unspecified atom stereocenters. The Morgan fingerprint density at radius 2 is 1.94 bits per heavy atom. The van der Waals surface area contributed by atoms with Gasteiger partial charge in [0, 0.05) is 6.42 Å². The molecule has 0 radical (unpaired) electrons. The van der Waals surface area contributed by atoms with Gasteiger partial charge in [-0.15, -0.1) is 0 Å². The molecule has 0 saturated carbocycles. The summed E-state index contributed by atoms with van der Waals surface area (Å²) in [5.41, 5.74) is 0.134. The second kappa shape index (κ2) is 5.95. The summed E-state index contributed by atoms with van der Waals surface area (Å²) in [5.74, 6) is -2.10. The minimum Gasteiger partial charge on any atom is -0.478 e. The van der Waals surface area contributed by atoms with Crippen molar-refractivity contribution in [1.82, 2.24) is 0 Å². The van der Waals surface area contributed by atoms with Crippen LogP contribution in [0.25, 0.3) is 0 Å². The molecule has 5 nitrogen and oxygen atoms in total. The lowest BCUT2D eigenvalue weighted by molar-refractivity contribution is -0.116. The van der Waals surface area contributed by atoms with Crippen molar-refractivity contribution in [2.24, 2.45) is 0 Å². The summed E-state index contributed by atoms with van der Waals surface area (Å²) in [6.45, 7) is 3.16. The van der Waals surface area contributed by atoms with Crippen LogP contribution in [-0.2, 0) is 16.0 Å². The average Bonchev–Trinajstić information content (AvgIpc) is 2.27. The minimum absolute atomic E-state index is 0.0190. The van der Waals surface area contributed by atoms with Crippen LogP contribution in [0.3, 0.4) is 0 Å². The first-order valence-electron chi connectivity index (χ1n) is 5.49. The third-order valence-corrected chi connectivity index (χ3v) is 2.30. The lowest BCUT2D eigenvalue weighted by atomic mass is 9.97. The minimum atomic E-state index is -1.24. The standard InChI is InChI=1S/C13H14O5/c1-3-18-13(17)10-6-4-5-9(7-8(2)14)11(10)12(15)16/h4-6H,3,7H2,1-2H3,(H,15,16). The number of carbonyl (C=O) groups is 3. The molecule has 0 aliphatic carbocycles. The highest BCUT2D eigenvalue weighted by Gasteiger charge is 2.21. The van der Waals surface area contributed by atoms with Gasteiger partial charge in [0.05, 0.1) is 17.7 Å². The monoisotopic (exact) mass is 250 g/mol. The Kier molecular flexibility index (Phi) is 4.59. The zero-order valence-electron chi connectivity index (χ0n) is 10.2. The lowest BCUT2D eigenvalue weighted by Gasteiger charge is -2.09. The molecule has 18 heavy (non-hydrogen) atoms. The normalized spacial score (nSPS) is 9.89. The predicted molar refractivity (Wildman–Crippen MR) is 63.7 cm³/mol. The largest absolute Gasteiger partial charge is 0.478 e. The zero-order chi connectivity index (χ0) is 13.7. The summed E-state index contributed by atoms with van der Waals surface area (Å²) >= 11 is 0. The molecule has 0 spiro atoms. The summed E-state index contributed by atoms with van der Waals surface area (Å²) in [4.78, 5) is 33.9. The smallest absolute Gasteiger partial charge is 0.339 e. The Morgan fingerprint density at radius 1 is 1.28 bits per heavy atom. The van der Waals surface area contributed by atoms with Crippen LogP contribution in [0.4, 0.5) is 0 Å². The van der Waals surface area contributed by atoms with E-state index in [0.717, 1.165) is 0 Å². The van der Waals surface area contributed by atoms with E-state index in [1.807, 2.05) is 0 Å². The SMILES string of the molecule is CCOC(=O)c1cccc(CC(C)=O)c1C(=O)O. The Morgan fingerprint density at radius 3 is 2.44 bits per heavy atom. The molecule has 0 aliphatic rings. The van der Waals surface area contributed by atoms with Crippen molar-refractivity contribution >= 4 is 17.7 Å². The summed E-state index contributed by atoms with van der Waals surface area (Å²) in [6.07, 6.45) is -0.0190. The van der Waals surface area contributed by atoms with Gasteiger partial charge < -0.3 is 9.84 Å². The first kappa shape index (κ1) is 13.9. The number of carboxylic acid groups (broad SMARTS) is 1. The number of ketones is 1. The maximum atomic E-state index is 11.6. The number of carbonyl (C=O) groups excluding carboxylic acids is 2. The summed E-state index contributed by atoms with van der Waals surface area (Å²) in [5, 5.41) is 9.16. The highest BCUT2D eigenvalue weighted by molar-refractivity contribution is 6.04. The van der Waals surface area contributed by atoms with Crippen LogP contribution < -0.4 is 0 Å². The molecule has 1 rings (SSSR count). The van der Waals surface area contributed by atoms with Gasteiger partial charge in [0.15, 0.2) is 0 Å². The molecule has 0 amide bonds. The van der Waals surface area contributed by atoms with Crippen LogP contribution in [-0.4, -0.2) is 29.4 Å². The topological polar surface area (TPSA) is 80.7 Å². The van der Waals surface area contributed by atoms with Crippen molar-refractivity contribution < 1.29 is 24.2 Å². The van der Waals surface area contributed by atoms with E-state index in [2.05, 4.69) is 0 Å². The Balaban J connectivity index is 3.30. The van der Waals surface area contributed by atoms with Crippen LogP contribution in [0.2, 0.25) is 0 Å². The number of carboxylic acids is 1. The second-order valence-corrected chi connectivity index (χ2v) is 3.74. The third-order valence-electron chi connectivity index (χ3n) is 2.30. The molecule has 1 N–H and O–H groups in total. The van der Waals surface area contributed by atoms with E-state index in [1.165, 1.54) is 25.1 Å². The molecule has 0 heterocycles. The van der Waals surface area contributed by atoms with E-state index < -0.39 is 11.9 Å². The highest BCUT2D eigenvalue weighted by atomic mass is 16.5. The lowest BCUT2D eigenvalue weighted by Crippen LogP contribution is -2.15. The summed E-state index contributed by atoms with van der Waals surface area (Å²) in [6, 6.07) is 4.44. The fourth-order valence-corrected chi connectivity index (χ4v) is 1.65. The maximum absolute atomic E-state index is 11.6. The number of benzene rings is 1. The third kappa shape index (κ3) is 3.16. The van der Waals surface area contributed by atoms with Gasteiger partial charge in [-0.05, 0) is 25.5 Å². The van der Waals surface area contributed by atoms with Crippen LogP contribution in [0.1, 0.15) is 40.1 Å². The average molecular weight is 250 g/mol. The van der Waals surface area contributed by atoms with Crippen LogP contribution in [0.15, 0.2) is 18.2 Å². The van der Waals surface area contributed by atoms with Crippen molar-refractivity contribution in [3.63, 3.8) is 0 Å². The van der Waals surface area contributed by atoms with Crippen molar-refractivity contribution in [1.29, 1.82) is 0 Å². The summed E-state index contributed by atoms with van der Waals surface area (Å²) < 4.78 is 4.79. The van der Waals surface area contributed by atoms with Gasteiger partial charge in [-0.1, -0.05) is 12.1 Å². The fraction of sp³-hybridized carbons (Fsp3) is 0.308. The van der Waals surface area contributed by atoms with Crippen molar-refractivity contribution in [2.75, 3.05) is 6.61 Å². The van der Waals surface area contributed by atoms with Crippen molar-refractivity contribution in [3.8, 4) is 0 Å². The molecule has 5 heteroatoms. The highest BCUT2D eigenvalue weighted by Crippen LogP contribution is 2.17. The van der Waals surface area contributed by atoms with Crippen LogP contribution >= 0.6 is 0 Å². The van der Waals surface area contributed by atoms with Gasteiger partial charge >= 0.3 is 11.9 Å². The Labute approximate surface area is 104 Å². The molecule has 0 aromatic heterocycles. The fourth-order valence-electron chi connectivity index (χ4n) is 1.65. The quantitative estimate of drug-likeness (QED) is 0.804. The van der Waals surface area contributed by atoms with E-state index in [-0.39, 0.29) is 29.9 Å². The molecule has 0 aliphatic heterocycles. The summed E-state index contributed by atoms with van der Waals surface area (Å²) in [7, 11) is 0. The number of rotatable bonds is 5. The van der Waals surface area contributed by atoms with Crippen molar-refractivity contribution in [2.45, 2.75) is 20.3 Å². The van der Waals surface area contributed by atoms with E-state index in [1.54, 1.807) is 6.92 Å². The second-order valence-electron chi connectivity index (χ2n) is 3.74. The number of aromatic carboxylic acids is 1. The maximum Gasteiger partial charge on any atom is 0.339 e. The van der Waals surface area contributed by atoms with E-state index in [0.29, 0.717) is 5.56 Å². The molecule has 0 saturated heterocycles. The number of esters is 1. The number of hydrogen-bond donors (Lipinski definition) is 1. The first-order chi connectivity index (χ1) is 8.47. The van der Waals surface area contributed by atoms with Crippen LogP contribution in [0, 0.1) is 0 Å². The number of Topliss-reactive ketones (excluding diaryl/α,β-unsaturated/α-hetero) is 1. The predicted octanol–water partition coefficient (Wildman–Crippen LogP) is 1.69.